The maximum atomic E-state index is 12.9. The van der Waals surface area contributed by atoms with Crippen molar-refractivity contribution in [1.82, 2.24) is 0 Å². The number of sulfonamides is 1. The molecule has 1 aliphatic heterocycles. The zero-order chi connectivity index (χ0) is 15.0. The molecule has 110 valence electrons. The van der Waals surface area contributed by atoms with Crippen molar-refractivity contribution in [3.8, 4) is 0 Å². The Hall–Kier alpha value is -1.33. The molecule has 1 aliphatic rings. The molecule has 0 spiro atoms. The van der Waals surface area contributed by atoms with Crippen LogP contribution in [0.4, 0.5) is 5.69 Å². The van der Waals surface area contributed by atoms with Gasteiger partial charge in [0.1, 0.15) is 0 Å². The predicted molar refractivity (Wildman–Crippen MR) is 88.2 cm³/mol. The van der Waals surface area contributed by atoms with E-state index in [1.165, 1.54) is 0 Å². The fourth-order valence-corrected chi connectivity index (χ4v) is 4.65. The van der Waals surface area contributed by atoms with Crippen molar-refractivity contribution in [3.05, 3.63) is 58.1 Å². The molecule has 0 atom stereocenters. The minimum atomic E-state index is -3.50. The lowest BCUT2D eigenvalue weighted by atomic mass is 10.0. The van der Waals surface area contributed by atoms with Gasteiger partial charge in [-0.2, -0.15) is 0 Å². The molecule has 0 unspecified atom stereocenters. The SMILES string of the molecule is Cc1cccc2c1N(S(=O)(=O)c1ccc(Br)cc1)CCC2. The fourth-order valence-electron chi connectivity index (χ4n) is 2.78. The predicted octanol–water partition coefficient (Wildman–Crippen LogP) is 3.90. The molecule has 0 radical (unpaired) electrons. The lowest BCUT2D eigenvalue weighted by Crippen LogP contribution is -2.36. The van der Waals surface area contributed by atoms with Gasteiger partial charge in [-0.05, 0) is 55.2 Å². The van der Waals surface area contributed by atoms with Gasteiger partial charge in [0.05, 0.1) is 10.6 Å². The summed E-state index contributed by atoms with van der Waals surface area (Å²) in [6.07, 6.45) is 1.79. The van der Waals surface area contributed by atoms with Crippen LogP contribution in [0.15, 0.2) is 51.8 Å². The molecular weight excluding hydrogens is 350 g/mol. The van der Waals surface area contributed by atoms with E-state index in [1.807, 2.05) is 25.1 Å². The highest BCUT2D eigenvalue weighted by Crippen LogP contribution is 2.34. The molecule has 3 nitrogen and oxygen atoms in total. The third-order valence-electron chi connectivity index (χ3n) is 3.78. The Bertz CT molecular complexity index is 769. The summed E-state index contributed by atoms with van der Waals surface area (Å²) in [4.78, 5) is 0.335. The summed E-state index contributed by atoms with van der Waals surface area (Å²) in [6, 6.07) is 12.8. The number of benzene rings is 2. The molecule has 0 aliphatic carbocycles. The first-order valence-electron chi connectivity index (χ1n) is 6.87. The number of anilines is 1. The molecular formula is C16H16BrNO2S. The number of nitrogens with zero attached hydrogens (tertiary/aromatic N) is 1. The van der Waals surface area contributed by atoms with E-state index in [4.69, 9.17) is 0 Å². The number of hydrogen-bond donors (Lipinski definition) is 0. The standard InChI is InChI=1S/C16H16BrNO2S/c1-12-4-2-5-13-6-3-11-18(16(12)13)21(19,20)15-9-7-14(17)8-10-15/h2,4-5,7-10H,3,6,11H2,1H3. The molecule has 2 aromatic carbocycles. The van der Waals surface area contributed by atoms with Crippen molar-refractivity contribution >= 4 is 31.6 Å². The summed E-state index contributed by atoms with van der Waals surface area (Å²) in [7, 11) is -3.50. The highest BCUT2D eigenvalue weighted by Gasteiger charge is 2.29. The van der Waals surface area contributed by atoms with Crippen molar-refractivity contribution in [2.45, 2.75) is 24.7 Å². The Labute approximate surface area is 133 Å². The highest BCUT2D eigenvalue weighted by atomic mass is 79.9. The van der Waals surface area contributed by atoms with Gasteiger partial charge >= 0.3 is 0 Å². The monoisotopic (exact) mass is 365 g/mol. The third kappa shape index (κ3) is 2.60. The van der Waals surface area contributed by atoms with Crippen LogP contribution in [0.5, 0.6) is 0 Å². The molecule has 0 aromatic heterocycles. The minimum Gasteiger partial charge on any atom is -0.266 e. The number of hydrogen-bond acceptors (Lipinski definition) is 2. The number of rotatable bonds is 2. The summed E-state index contributed by atoms with van der Waals surface area (Å²) >= 11 is 3.34. The van der Waals surface area contributed by atoms with E-state index < -0.39 is 10.0 Å². The lowest BCUT2D eigenvalue weighted by Gasteiger charge is -2.32. The van der Waals surface area contributed by atoms with E-state index in [0.717, 1.165) is 34.1 Å². The number of halogens is 1. The van der Waals surface area contributed by atoms with E-state index in [9.17, 15) is 8.42 Å². The summed E-state index contributed by atoms with van der Waals surface area (Å²) in [5.41, 5.74) is 2.97. The van der Waals surface area contributed by atoms with Gasteiger partial charge in [0.2, 0.25) is 0 Å². The van der Waals surface area contributed by atoms with Crippen LogP contribution >= 0.6 is 15.9 Å². The average molecular weight is 366 g/mol. The third-order valence-corrected chi connectivity index (χ3v) is 6.12. The molecule has 0 amide bonds. The second-order valence-corrected chi connectivity index (χ2v) is 8.00. The maximum absolute atomic E-state index is 12.9. The summed E-state index contributed by atoms with van der Waals surface area (Å²) in [5.74, 6) is 0. The van der Waals surface area contributed by atoms with Crippen LogP contribution in [0.25, 0.3) is 0 Å². The first-order valence-corrected chi connectivity index (χ1v) is 9.10. The Morgan fingerprint density at radius 2 is 1.81 bits per heavy atom. The molecule has 0 saturated heterocycles. The Morgan fingerprint density at radius 1 is 1.10 bits per heavy atom. The van der Waals surface area contributed by atoms with Gasteiger partial charge in [-0.15, -0.1) is 0 Å². The van der Waals surface area contributed by atoms with Crippen LogP contribution in [0.2, 0.25) is 0 Å². The second kappa shape index (κ2) is 5.46. The number of para-hydroxylation sites is 1. The lowest BCUT2D eigenvalue weighted by molar-refractivity contribution is 0.586. The van der Waals surface area contributed by atoms with Crippen molar-refractivity contribution < 1.29 is 8.42 Å². The van der Waals surface area contributed by atoms with Gasteiger partial charge in [-0.3, -0.25) is 4.31 Å². The molecule has 21 heavy (non-hydrogen) atoms. The van der Waals surface area contributed by atoms with Gasteiger partial charge in [0, 0.05) is 11.0 Å². The van der Waals surface area contributed by atoms with Crippen LogP contribution in [-0.4, -0.2) is 15.0 Å². The van der Waals surface area contributed by atoms with Crippen molar-refractivity contribution in [1.29, 1.82) is 0 Å². The zero-order valence-electron chi connectivity index (χ0n) is 11.7. The Morgan fingerprint density at radius 3 is 2.52 bits per heavy atom. The van der Waals surface area contributed by atoms with Gasteiger partial charge < -0.3 is 0 Å². The van der Waals surface area contributed by atoms with Crippen LogP contribution < -0.4 is 4.31 Å². The van der Waals surface area contributed by atoms with Crippen LogP contribution in [0, 0.1) is 6.92 Å². The van der Waals surface area contributed by atoms with Gasteiger partial charge in [-0.25, -0.2) is 8.42 Å². The van der Waals surface area contributed by atoms with Crippen LogP contribution in [-0.2, 0) is 16.4 Å². The van der Waals surface area contributed by atoms with Crippen LogP contribution in [0.1, 0.15) is 17.5 Å². The van der Waals surface area contributed by atoms with Crippen LogP contribution in [0.3, 0.4) is 0 Å². The smallest absolute Gasteiger partial charge is 0.264 e. The van der Waals surface area contributed by atoms with Crippen molar-refractivity contribution in [2.75, 3.05) is 10.8 Å². The quantitative estimate of drug-likeness (QED) is 0.809. The average Bonchev–Trinajstić information content (AvgIpc) is 2.47. The largest absolute Gasteiger partial charge is 0.266 e. The normalized spacial score (nSPS) is 14.9. The van der Waals surface area contributed by atoms with Gasteiger partial charge in [0.25, 0.3) is 10.0 Å². The summed E-state index contributed by atoms with van der Waals surface area (Å²) in [5, 5.41) is 0. The highest BCUT2D eigenvalue weighted by molar-refractivity contribution is 9.10. The fraction of sp³-hybridized carbons (Fsp3) is 0.250. The Kier molecular flexibility index (Phi) is 3.80. The Balaban J connectivity index is 2.12. The minimum absolute atomic E-state index is 0.335. The number of aryl methyl sites for hydroxylation is 2. The molecule has 0 bridgehead atoms. The number of fused-ring (bicyclic) bond motifs is 1. The molecule has 0 fully saturated rings. The maximum Gasteiger partial charge on any atom is 0.264 e. The van der Waals surface area contributed by atoms with E-state index in [1.54, 1.807) is 28.6 Å². The molecule has 0 saturated carbocycles. The first-order chi connectivity index (χ1) is 10.00. The van der Waals surface area contributed by atoms with Crippen molar-refractivity contribution in [2.24, 2.45) is 0 Å². The molecule has 3 rings (SSSR count). The van der Waals surface area contributed by atoms with Gasteiger partial charge in [0.15, 0.2) is 0 Å². The molecule has 5 heteroatoms. The summed E-state index contributed by atoms with van der Waals surface area (Å²) in [6.45, 7) is 2.50. The zero-order valence-corrected chi connectivity index (χ0v) is 14.1. The van der Waals surface area contributed by atoms with E-state index in [2.05, 4.69) is 15.9 Å². The summed E-state index contributed by atoms with van der Waals surface area (Å²) < 4.78 is 28.3. The van der Waals surface area contributed by atoms with E-state index >= 15 is 0 Å². The topological polar surface area (TPSA) is 37.4 Å². The molecule has 2 aromatic rings. The molecule has 0 N–H and O–H groups in total. The van der Waals surface area contributed by atoms with Crippen molar-refractivity contribution in [3.63, 3.8) is 0 Å². The van der Waals surface area contributed by atoms with E-state index in [-0.39, 0.29) is 0 Å². The molecule has 1 heterocycles. The second-order valence-electron chi connectivity index (χ2n) is 5.22. The van der Waals surface area contributed by atoms with Gasteiger partial charge in [-0.1, -0.05) is 34.1 Å². The van der Waals surface area contributed by atoms with E-state index in [0.29, 0.717) is 11.4 Å². The first kappa shape index (κ1) is 14.6.